The van der Waals surface area contributed by atoms with Crippen LogP contribution in [0.5, 0.6) is 0 Å². The molecule has 0 saturated heterocycles. The van der Waals surface area contributed by atoms with Crippen LogP contribution in [0.15, 0.2) is 0 Å². The van der Waals surface area contributed by atoms with Gasteiger partial charge >= 0.3 is 0 Å². The van der Waals surface area contributed by atoms with Gasteiger partial charge in [-0.15, -0.1) is 0 Å². The Labute approximate surface area is 87.7 Å². The molecule has 0 bridgehead atoms. The quantitative estimate of drug-likeness (QED) is 0.733. The number of hydrogen-bond acceptors (Lipinski definition) is 2. The molecule has 2 heteroatoms. The monoisotopic (exact) mass is 194 g/mol. The summed E-state index contributed by atoms with van der Waals surface area (Å²) in [4.78, 5) is 0. The maximum Gasteiger partial charge on any atom is 0.0656 e. The molecule has 1 N–H and O–H groups in total. The van der Waals surface area contributed by atoms with Crippen LogP contribution >= 0.6 is 0 Å². The minimum atomic E-state index is 0.247. The van der Waals surface area contributed by atoms with Crippen molar-refractivity contribution in [1.82, 2.24) is 5.32 Å². The van der Waals surface area contributed by atoms with Crippen LogP contribution in [-0.2, 0) is 0 Å². The van der Waals surface area contributed by atoms with Gasteiger partial charge in [-0.2, -0.15) is 5.26 Å². The van der Waals surface area contributed by atoms with Gasteiger partial charge in [0, 0.05) is 12.5 Å². The van der Waals surface area contributed by atoms with E-state index < -0.39 is 0 Å². The Morgan fingerprint density at radius 1 is 1.36 bits per heavy atom. The highest BCUT2D eigenvalue weighted by Crippen LogP contribution is 2.47. The lowest BCUT2D eigenvalue weighted by atomic mass is 9.61. The zero-order valence-corrected chi connectivity index (χ0v) is 9.85. The van der Waals surface area contributed by atoms with E-state index in [1.54, 1.807) is 0 Å². The van der Waals surface area contributed by atoms with E-state index in [4.69, 9.17) is 5.26 Å². The van der Waals surface area contributed by atoms with Crippen molar-refractivity contribution in [1.29, 1.82) is 5.26 Å². The van der Waals surface area contributed by atoms with Gasteiger partial charge in [0.25, 0.3) is 0 Å². The second-order valence-electron chi connectivity index (χ2n) is 5.92. The summed E-state index contributed by atoms with van der Waals surface area (Å²) in [5.41, 5.74) is 0.626. The molecule has 2 nitrogen and oxygen atoms in total. The molecule has 2 atom stereocenters. The van der Waals surface area contributed by atoms with Crippen molar-refractivity contribution in [2.75, 3.05) is 13.6 Å². The average Bonchev–Trinajstić information content (AvgIpc) is 2.00. The third-order valence-electron chi connectivity index (χ3n) is 3.23. The van der Waals surface area contributed by atoms with E-state index in [0.717, 1.165) is 19.4 Å². The number of nitriles is 1. The van der Waals surface area contributed by atoms with Crippen molar-refractivity contribution in [3.63, 3.8) is 0 Å². The Morgan fingerprint density at radius 3 is 2.50 bits per heavy atom. The summed E-state index contributed by atoms with van der Waals surface area (Å²) in [6.07, 6.45) is 3.33. The van der Waals surface area contributed by atoms with Crippen LogP contribution < -0.4 is 5.32 Å². The van der Waals surface area contributed by atoms with Crippen LogP contribution in [0, 0.1) is 28.1 Å². The van der Waals surface area contributed by atoms with Gasteiger partial charge in [-0.05, 0) is 37.1 Å². The molecule has 0 spiro atoms. The molecule has 2 unspecified atom stereocenters. The molecular formula is C12H22N2. The number of nitrogens with one attached hydrogen (secondary N) is 1. The first-order valence-corrected chi connectivity index (χ1v) is 5.45. The van der Waals surface area contributed by atoms with Gasteiger partial charge < -0.3 is 5.32 Å². The number of nitrogens with zero attached hydrogens (tertiary/aromatic N) is 1. The SMILES string of the molecule is CNCC1(C)CC(C#N)CC(C)(C)C1. The summed E-state index contributed by atoms with van der Waals surface area (Å²) in [6, 6.07) is 2.45. The highest BCUT2D eigenvalue weighted by Gasteiger charge is 2.40. The average molecular weight is 194 g/mol. The van der Waals surface area contributed by atoms with Gasteiger partial charge in [0.05, 0.1) is 6.07 Å². The van der Waals surface area contributed by atoms with E-state index in [2.05, 4.69) is 32.2 Å². The number of rotatable bonds is 2. The van der Waals surface area contributed by atoms with Crippen LogP contribution in [0.1, 0.15) is 40.0 Å². The fourth-order valence-electron chi connectivity index (χ4n) is 3.29. The molecule has 0 aromatic rings. The Balaban J connectivity index is 2.75. The standard InChI is InChI=1S/C12H22N2/c1-11(2)5-10(7-13)6-12(3,8-11)9-14-4/h10,14H,5-6,8-9H2,1-4H3. The fraction of sp³-hybridized carbons (Fsp3) is 0.917. The molecule has 14 heavy (non-hydrogen) atoms. The zero-order chi connectivity index (χ0) is 10.8. The Hall–Kier alpha value is -0.550. The predicted molar refractivity (Wildman–Crippen MR) is 58.8 cm³/mol. The third kappa shape index (κ3) is 2.72. The molecule has 80 valence electrons. The van der Waals surface area contributed by atoms with Crippen molar-refractivity contribution in [2.45, 2.75) is 40.0 Å². The summed E-state index contributed by atoms with van der Waals surface area (Å²) >= 11 is 0. The summed E-state index contributed by atoms with van der Waals surface area (Å²) in [5.74, 6) is 0.247. The Kier molecular flexibility index (Phi) is 3.21. The van der Waals surface area contributed by atoms with Crippen molar-refractivity contribution in [3.8, 4) is 6.07 Å². The zero-order valence-electron chi connectivity index (χ0n) is 9.85. The van der Waals surface area contributed by atoms with Gasteiger partial charge in [-0.3, -0.25) is 0 Å². The van der Waals surface area contributed by atoms with Crippen molar-refractivity contribution >= 4 is 0 Å². The van der Waals surface area contributed by atoms with Crippen LogP contribution in [0.25, 0.3) is 0 Å². The minimum Gasteiger partial charge on any atom is -0.319 e. The molecule has 0 aliphatic heterocycles. The van der Waals surface area contributed by atoms with Crippen LogP contribution in [-0.4, -0.2) is 13.6 Å². The molecule has 1 fully saturated rings. The predicted octanol–water partition coefficient (Wildman–Crippen LogP) is 2.56. The van der Waals surface area contributed by atoms with E-state index in [1.807, 2.05) is 7.05 Å². The summed E-state index contributed by atoms with van der Waals surface area (Å²) in [5, 5.41) is 12.3. The van der Waals surface area contributed by atoms with Crippen molar-refractivity contribution < 1.29 is 0 Å². The van der Waals surface area contributed by atoms with Gasteiger partial charge in [0.15, 0.2) is 0 Å². The van der Waals surface area contributed by atoms with Gasteiger partial charge in [0.2, 0.25) is 0 Å². The lowest BCUT2D eigenvalue weighted by Gasteiger charge is -2.44. The second kappa shape index (κ2) is 3.90. The van der Waals surface area contributed by atoms with Crippen molar-refractivity contribution in [3.05, 3.63) is 0 Å². The molecule has 0 aromatic carbocycles. The minimum absolute atomic E-state index is 0.247. The smallest absolute Gasteiger partial charge is 0.0656 e. The molecule has 0 radical (unpaired) electrons. The lowest BCUT2D eigenvalue weighted by Crippen LogP contribution is -2.40. The van der Waals surface area contributed by atoms with Crippen LogP contribution in [0.4, 0.5) is 0 Å². The van der Waals surface area contributed by atoms with Gasteiger partial charge in [-0.1, -0.05) is 20.8 Å². The molecule has 1 aliphatic carbocycles. The molecular weight excluding hydrogens is 172 g/mol. The highest BCUT2D eigenvalue weighted by molar-refractivity contribution is 4.99. The molecule has 1 aliphatic rings. The van der Waals surface area contributed by atoms with Gasteiger partial charge in [0.1, 0.15) is 0 Å². The van der Waals surface area contributed by atoms with E-state index in [9.17, 15) is 0 Å². The molecule has 0 aromatic heterocycles. The van der Waals surface area contributed by atoms with E-state index in [1.165, 1.54) is 6.42 Å². The second-order valence-corrected chi connectivity index (χ2v) is 5.92. The first-order valence-electron chi connectivity index (χ1n) is 5.45. The Morgan fingerprint density at radius 2 is 2.00 bits per heavy atom. The molecule has 0 amide bonds. The highest BCUT2D eigenvalue weighted by atomic mass is 14.8. The normalized spacial score (nSPS) is 36.4. The fourth-order valence-corrected chi connectivity index (χ4v) is 3.29. The largest absolute Gasteiger partial charge is 0.319 e. The molecule has 0 heterocycles. The first-order chi connectivity index (χ1) is 6.41. The van der Waals surface area contributed by atoms with E-state index in [-0.39, 0.29) is 5.92 Å². The summed E-state index contributed by atoms with van der Waals surface area (Å²) in [6.45, 7) is 7.89. The topological polar surface area (TPSA) is 35.8 Å². The maximum absolute atomic E-state index is 9.05. The van der Waals surface area contributed by atoms with Crippen molar-refractivity contribution in [2.24, 2.45) is 16.7 Å². The Bertz CT molecular complexity index is 239. The van der Waals surface area contributed by atoms with E-state index >= 15 is 0 Å². The van der Waals surface area contributed by atoms with Crippen LogP contribution in [0.2, 0.25) is 0 Å². The maximum atomic E-state index is 9.05. The van der Waals surface area contributed by atoms with E-state index in [0.29, 0.717) is 10.8 Å². The lowest BCUT2D eigenvalue weighted by molar-refractivity contribution is 0.0749. The summed E-state index contributed by atoms with van der Waals surface area (Å²) < 4.78 is 0. The number of hydrogen-bond donors (Lipinski definition) is 1. The van der Waals surface area contributed by atoms with Gasteiger partial charge in [-0.25, -0.2) is 0 Å². The molecule has 1 rings (SSSR count). The summed E-state index contributed by atoms with van der Waals surface area (Å²) in [7, 11) is 1.99. The third-order valence-corrected chi connectivity index (χ3v) is 3.23. The van der Waals surface area contributed by atoms with Crippen LogP contribution in [0.3, 0.4) is 0 Å². The molecule has 1 saturated carbocycles. The first kappa shape index (κ1) is 11.5.